The summed E-state index contributed by atoms with van der Waals surface area (Å²) in [5.41, 5.74) is 0.310. The van der Waals surface area contributed by atoms with Gasteiger partial charge in [-0.25, -0.2) is 4.79 Å². The molecule has 1 aliphatic carbocycles. The van der Waals surface area contributed by atoms with Gasteiger partial charge in [-0.15, -0.1) is 0 Å². The number of hydrogen-bond acceptors (Lipinski definition) is 7. The van der Waals surface area contributed by atoms with Crippen LogP contribution in [0, 0.1) is 28.6 Å². The molecule has 1 aromatic rings. The summed E-state index contributed by atoms with van der Waals surface area (Å²) >= 11 is 0. The van der Waals surface area contributed by atoms with E-state index in [0.29, 0.717) is 36.6 Å². The number of para-hydroxylation sites is 1. The Balaban J connectivity index is 1.34. The smallest absolute Gasteiger partial charge is 0.408 e. The largest absolute Gasteiger partial charge is 0.444 e. The number of nitrogens with zero attached hydrogens (tertiary/aromatic N) is 5. The molecule has 10 nitrogen and oxygen atoms in total. The number of nitriles is 2. The summed E-state index contributed by atoms with van der Waals surface area (Å²) in [4.78, 5) is 44.9. The number of carbonyl (C=O) groups is 3. The first-order valence-electron chi connectivity index (χ1n) is 12.4. The van der Waals surface area contributed by atoms with E-state index in [0.717, 1.165) is 6.42 Å². The van der Waals surface area contributed by atoms with Crippen molar-refractivity contribution < 1.29 is 19.1 Å². The number of anilines is 1. The lowest BCUT2D eigenvalue weighted by Gasteiger charge is -2.37. The third kappa shape index (κ3) is 4.27. The Morgan fingerprint density at radius 2 is 1.94 bits per heavy atom. The van der Waals surface area contributed by atoms with Gasteiger partial charge in [0.15, 0.2) is 0 Å². The molecule has 3 heterocycles. The molecular weight excluding hydrogens is 460 g/mol. The summed E-state index contributed by atoms with van der Waals surface area (Å²) in [6, 6.07) is 9.45. The van der Waals surface area contributed by atoms with Gasteiger partial charge in [0.2, 0.25) is 11.8 Å². The number of piperidine rings is 1. The summed E-state index contributed by atoms with van der Waals surface area (Å²) in [5, 5.41) is 21.8. The number of rotatable bonds is 5. The number of fused-ring (bicyclic) bond motifs is 3. The fourth-order valence-electron chi connectivity index (χ4n) is 5.90. The van der Waals surface area contributed by atoms with Crippen molar-refractivity contribution in [2.45, 2.75) is 75.8 Å². The van der Waals surface area contributed by atoms with Gasteiger partial charge in [0.05, 0.1) is 29.4 Å². The number of benzene rings is 1. The molecule has 10 heteroatoms. The summed E-state index contributed by atoms with van der Waals surface area (Å²) < 4.78 is 5.41. The molecule has 0 spiro atoms. The van der Waals surface area contributed by atoms with Crippen LogP contribution in [-0.4, -0.2) is 76.6 Å². The lowest BCUT2D eigenvalue weighted by molar-refractivity contribution is -0.136. The van der Waals surface area contributed by atoms with Gasteiger partial charge >= 0.3 is 6.09 Å². The first-order valence-corrected chi connectivity index (χ1v) is 12.4. The molecule has 4 fully saturated rings. The van der Waals surface area contributed by atoms with E-state index in [1.165, 1.54) is 0 Å². The second kappa shape index (κ2) is 8.79. The van der Waals surface area contributed by atoms with Crippen molar-refractivity contribution in [3.05, 3.63) is 29.8 Å². The average Bonchev–Trinajstić information content (AvgIpc) is 3.15. The van der Waals surface area contributed by atoms with Gasteiger partial charge in [-0.3, -0.25) is 14.5 Å². The van der Waals surface area contributed by atoms with E-state index in [1.807, 2.05) is 4.90 Å². The molecular formula is C26H30N6O4. The third-order valence-electron chi connectivity index (χ3n) is 7.47. The summed E-state index contributed by atoms with van der Waals surface area (Å²) in [6.45, 7) is 5.90. The van der Waals surface area contributed by atoms with E-state index in [2.05, 4.69) is 17.5 Å². The maximum absolute atomic E-state index is 13.6. The van der Waals surface area contributed by atoms with Gasteiger partial charge in [0.1, 0.15) is 23.8 Å². The minimum Gasteiger partial charge on any atom is -0.444 e. The molecule has 0 aromatic heterocycles. The summed E-state index contributed by atoms with van der Waals surface area (Å²) in [5.74, 6) is -0.0750. The van der Waals surface area contributed by atoms with Gasteiger partial charge in [0, 0.05) is 19.1 Å². The van der Waals surface area contributed by atoms with Crippen molar-refractivity contribution in [3.63, 3.8) is 0 Å². The third-order valence-corrected chi connectivity index (χ3v) is 7.47. The van der Waals surface area contributed by atoms with Crippen LogP contribution >= 0.6 is 0 Å². The molecule has 1 saturated carbocycles. The minimum absolute atomic E-state index is 0.0414. The van der Waals surface area contributed by atoms with Crippen LogP contribution in [0.1, 0.15) is 45.6 Å². The maximum atomic E-state index is 13.6. The van der Waals surface area contributed by atoms with E-state index >= 15 is 0 Å². The molecule has 1 aromatic carbocycles. The van der Waals surface area contributed by atoms with E-state index in [4.69, 9.17) is 4.74 Å². The van der Waals surface area contributed by atoms with E-state index in [-0.39, 0.29) is 30.4 Å². The van der Waals surface area contributed by atoms with Crippen LogP contribution in [0.2, 0.25) is 0 Å². The second-order valence-electron chi connectivity index (χ2n) is 11.1. The number of alkyl carbamates (subject to hydrolysis) is 1. The molecule has 6 atom stereocenters. The van der Waals surface area contributed by atoms with E-state index in [9.17, 15) is 24.9 Å². The number of piperazine rings is 1. The number of nitrogens with one attached hydrogen (secondary N) is 1. The van der Waals surface area contributed by atoms with Gasteiger partial charge in [-0.05, 0) is 58.1 Å². The van der Waals surface area contributed by atoms with Gasteiger partial charge in [0.25, 0.3) is 0 Å². The van der Waals surface area contributed by atoms with Gasteiger partial charge < -0.3 is 19.9 Å². The first kappa shape index (κ1) is 24.1. The highest BCUT2D eigenvalue weighted by molar-refractivity contribution is 6.02. The van der Waals surface area contributed by atoms with Crippen molar-refractivity contribution >= 4 is 23.6 Å². The molecule has 0 unspecified atom stereocenters. The summed E-state index contributed by atoms with van der Waals surface area (Å²) in [7, 11) is 0. The molecule has 188 valence electrons. The molecule has 3 saturated heterocycles. The Morgan fingerprint density at radius 1 is 1.19 bits per heavy atom. The maximum Gasteiger partial charge on any atom is 0.408 e. The first-order chi connectivity index (χ1) is 17.1. The number of likely N-dealkylation sites (tertiary alicyclic amines) is 2. The van der Waals surface area contributed by atoms with E-state index in [1.54, 1.807) is 54.8 Å². The Morgan fingerprint density at radius 3 is 2.61 bits per heavy atom. The van der Waals surface area contributed by atoms with Crippen LogP contribution in [0.25, 0.3) is 0 Å². The molecule has 3 aliphatic heterocycles. The predicted molar refractivity (Wildman–Crippen MR) is 128 cm³/mol. The zero-order valence-corrected chi connectivity index (χ0v) is 20.7. The van der Waals surface area contributed by atoms with Crippen molar-refractivity contribution in [2.75, 3.05) is 18.0 Å². The standard InChI is InChI=1S/C26H30N6O4/c1-26(2,3)36-25(35)29-19(23(33)31-17(12-28)8-16-9-21(16)31)14-30-13-18-10-22(30)24(34)32(18)20-7-5-4-6-15(20)11-27/h4-7,16-19,21-22H,8-10,13-14H2,1-3H3,(H,29,35)/t16-,17+,18+,19+,21+,22+/m1/s1. The fraction of sp³-hybridized carbons (Fsp3) is 0.577. The zero-order valence-electron chi connectivity index (χ0n) is 20.7. The molecule has 4 aliphatic rings. The van der Waals surface area contributed by atoms with Crippen LogP contribution < -0.4 is 10.2 Å². The predicted octanol–water partition coefficient (Wildman–Crippen LogP) is 1.75. The van der Waals surface area contributed by atoms with Crippen LogP contribution in [0.15, 0.2) is 24.3 Å². The van der Waals surface area contributed by atoms with Crippen molar-refractivity contribution in [1.29, 1.82) is 10.5 Å². The molecule has 0 radical (unpaired) electrons. The SMILES string of the molecule is CC(C)(C)OC(=O)N[C@@H](CN1C[C@@H]2C[C@H]1C(=O)N2c1ccccc1C#N)C(=O)N1[C@H](C#N)C[C@@H]2C[C@@H]21. The van der Waals surface area contributed by atoms with Crippen molar-refractivity contribution in [3.8, 4) is 12.1 Å². The quantitative estimate of drug-likeness (QED) is 0.666. The molecule has 1 N–H and O–H groups in total. The highest BCUT2D eigenvalue weighted by Gasteiger charge is 2.56. The highest BCUT2D eigenvalue weighted by atomic mass is 16.6. The molecule has 2 bridgehead atoms. The molecule has 36 heavy (non-hydrogen) atoms. The van der Waals surface area contributed by atoms with Gasteiger partial charge in [-0.2, -0.15) is 10.5 Å². The van der Waals surface area contributed by atoms with Crippen molar-refractivity contribution in [1.82, 2.24) is 15.1 Å². The number of amides is 3. The fourth-order valence-corrected chi connectivity index (χ4v) is 5.90. The monoisotopic (exact) mass is 490 g/mol. The molecule has 5 rings (SSSR count). The van der Waals surface area contributed by atoms with Crippen LogP contribution in [-0.2, 0) is 14.3 Å². The molecule has 3 amide bonds. The Labute approximate surface area is 210 Å². The zero-order chi connectivity index (χ0) is 25.8. The lowest BCUT2D eigenvalue weighted by atomic mass is 10.1. The second-order valence-corrected chi connectivity index (χ2v) is 11.1. The van der Waals surface area contributed by atoms with Crippen LogP contribution in [0.3, 0.4) is 0 Å². The van der Waals surface area contributed by atoms with E-state index < -0.39 is 29.8 Å². The van der Waals surface area contributed by atoms with Gasteiger partial charge in [-0.1, -0.05) is 12.1 Å². The minimum atomic E-state index is -0.943. The Kier molecular flexibility index (Phi) is 5.88. The number of ether oxygens (including phenoxy) is 1. The van der Waals surface area contributed by atoms with Crippen LogP contribution in [0.4, 0.5) is 10.5 Å². The number of hydrogen-bond donors (Lipinski definition) is 1. The lowest BCUT2D eigenvalue weighted by Crippen LogP contribution is -2.59. The Bertz CT molecular complexity index is 1180. The normalized spacial score (nSPS) is 29.4. The average molecular weight is 491 g/mol. The van der Waals surface area contributed by atoms with Crippen LogP contribution in [0.5, 0.6) is 0 Å². The summed E-state index contributed by atoms with van der Waals surface area (Å²) in [6.07, 6.45) is 1.41. The topological polar surface area (TPSA) is 130 Å². The van der Waals surface area contributed by atoms with Crippen molar-refractivity contribution in [2.24, 2.45) is 5.92 Å². The number of carbonyl (C=O) groups excluding carboxylic acids is 3. The Hall–Kier alpha value is -3.63. The highest BCUT2D eigenvalue weighted by Crippen LogP contribution is 2.48.